The average molecular weight is 170 g/mol. The van der Waals surface area contributed by atoms with Crippen LogP contribution in [0.4, 0.5) is 0 Å². The van der Waals surface area contributed by atoms with E-state index in [2.05, 4.69) is 18.7 Å². The van der Waals surface area contributed by atoms with Crippen LogP contribution in [-0.2, 0) is 0 Å². The largest absolute Gasteiger partial charge is 0.330 e. The molecule has 2 nitrogen and oxygen atoms in total. The summed E-state index contributed by atoms with van der Waals surface area (Å²) in [5.41, 5.74) is 5.69. The Morgan fingerprint density at radius 1 is 1.50 bits per heavy atom. The zero-order valence-corrected chi connectivity index (χ0v) is 8.42. The molecule has 1 fully saturated rings. The SMILES string of the molecule is CCCCN1CCC(CN)C1C. The van der Waals surface area contributed by atoms with E-state index in [1.807, 2.05) is 0 Å². The topological polar surface area (TPSA) is 29.3 Å². The van der Waals surface area contributed by atoms with Crippen LogP contribution in [0.1, 0.15) is 33.1 Å². The Morgan fingerprint density at radius 3 is 2.75 bits per heavy atom. The molecule has 1 heterocycles. The first-order valence-electron chi connectivity index (χ1n) is 5.23. The van der Waals surface area contributed by atoms with Gasteiger partial charge in [-0.1, -0.05) is 13.3 Å². The molecule has 0 amide bonds. The van der Waals surface area contributed by atoms with E-state index in [-0.39, 0.29) is 0 Å². The number of hydrogen-bond acceptors (Lipinski definition) is 2. The molecule has 0 radical (unpaired) electrons. The molecule has 2 heteroatoms. The fraction of sp³-hybridized carbons (Fsp3) is 1.00. The molecule has 2 N–H and O–H groups in total. The molecule has 72 valence electrons. The highest BCUT2D eigenvalue weighted by atomic mass is 15.2. The summed E-state index contributed by atoms with van der Waals surface area (Å²) in [4.78, 5) is 2.58. The zero-order valence-electron chi connectivity index (χ0n) is 8.42. The number of nitrogens with two attached hydrogens (primary N) is 1. The minimum Gasteiger partial charge on any atom is -0.330 e. The van der Waals surface area contributed by atoms with Crippen LogP contribution in [0, 0.1) is 5.92 Å². The summed E-state index contributed by atoms with van der Waals surface area (Å²) in [5.74, 6) is 0.752. The summed E-state index contributed by atoms with van der Waals surface area (Å²) in [6.07, 6.45) is 3.94. The standard InChI is InChI=1S/C10H22N2/c1-3-4-6-12-7-5-10(8-11)9(12)2/h9-10H,3-8,11H2,1-2H3. The van der Waals surface area contributed by atoms with E-state index in [4.69, 9.17) is 5.73 Å². The first-order valence-corrected chi connectivity index (χ1v) is 5.23. The van der Waals surface area contributed by atoms with E-state index < -0.39 is 0 Å². The number of hydrogen-bond donors (Lipinski definition) is 1. The van der Waals surface area contributed by atoms with Crippen LogP contribution in [0.2, 0.25) is 0 Å². The minimum atomic E-state index is 0.724. The van der Waals surface area contributed by atoms with Crippen molar-refractivity contribution in [2.24, 2.45) is 11.7 Å². The van der Waals surface area contributed by atoms with Crippen molar-refractivity contribution in [2.75, 3.05) is 19.6 Å². The number of nitrogens with zero attached hydrogens (tertiary/aromatic N) is 1. The van der Waals surface area contributed by atoms with Crippen molar-refractivity contribution in [1.82, 2.24) is 4.90 Å². The molecule has 1 rings (SSSR count). The summed E-state index contributed by atoms with van der Waals surface area (Å²) >= 11 is 0. The van der Waals surface area contributed by atoms with Gasteiger partial charge in [-0.15, -0.1) is 0 Å². The van der Waals surface area contributed by atoms with Gasteiger partial charge in [-0.05, 0) is 45.3 Å². The van der Waals surface area contributed by atoms with Crippen LogP contribution in [0.15, 0.2) is 0 Å². The first-order chi connectivity index (χ1) is 5.79. The Labute approximate surface area is 76.1 Å². The number of rotatable bonds is 4. The van der Waals surface area contributed by atoms with E-state index in [1.54, 1.807) is 0 Å². The van der Waals surface area contributed by atoms with E-state index in [1.165, 1.54) is 32.4 Å². The van der Waals surface area contributed by atoms with Crippen molar-refractivity contribution in [1.29, 1.82) is 0 Å². The molecule has 1 aliphatic rings. The van der Waals surface area contributed by atoms with Crippen molar-refractivity contribution in [3.05, 3.63) is 0 Å². The number of unbranched alkanes of at least 4 members (excludes halogenated alkanes) is 1. The summed E-state index contributed by atoms with van der Waals surface area (Å²) in [5, 5.41) is 0. The Bertz CT molecular complexity index is 125. The molecule has 0 saturated carbocycles. The van der Waals surface area contributed by atoms with Gasteiger partial charge in [-0.3, -0.25) is 0 Å². The Morgan fingerprint density at radius 2 is 2.25 bits per heavy atom. The first kappa shape index (κ1) is 10.0. The smallest absolute Gasteiger partial charge is 0.0108 e. The molecule has 1 saturated heterocycles. The van der Waals surface area contributed by atoms with Crippen LogP contribution in [-0.4, -0.2) is 30.6 Å². The predicted octanol–water partition coefficient (Wildman–Crippen LogP) is 1.46. The molecule has 0 aromatic rings. The highest BCUT2D eigenvalue weighted by Gasteiger charge is 2.28. The van der Waals surface area contributed by atoms with Gasteiger partial charge in [0, 0.05) is 6.04 Å². The van der Waals surface area contributed by atoms with E-state index in [9.17, 15) is 0 Å². The van der Waals surface area contributed by atoms with Gasteiger partial charge in [0.25, 0.3) is 0 Å². The molecule has 0 aromatic heterocycles. The molecule has 0 aliphatic carbocycles. The molecular formula is C10H22N2. The van der Waals surface area contributed by atoms with Crippen LogP contribution in [0.25, 0.3) is 0 Å². The van der Waals surface area contributed by atoms with E-state index in [0.717, 1.165) is 18.5 Å². The van der Waals surface area contributed by atoms with Gasteiger partial charge in [0.05, 0.1) is 0 Å². The van der Waals surface area contributed by atoms with Gasteiger partial charge in [0.2, 0.25) is 0 Å². The Hall–Kier alpha value is -0.0800. The van der Waals surface area contributed by atoms with Crippen LogP contribution in [0.3, 0.4) is 0 Å². The van der Waals surface area contributed by atoms with E-state index >= 15 is 0 Å². The Balaban J connectivity index is 2.28. The van der Waals surface area contributed by atoms with Crippen molar-refractivity contribution in [2.45, 2.75) is 39.2 Å². The lowest BCUT2D eigenvalue weighted by atomic mass is 10.0. The highest BCUT2D eigenvalue weighted by molar-refractivity contribution is 4.83. The van der Waals surface area contributed by atoms with Crippen molar-refractivity contribution < 1.29 is 0 Å². The average Bonchev–Trinajstić information content (AvgIpc) is 2.43. The third-order valence-electron chi connectivity index (χ3n) is 3.15. The second kappa shape index (κ2) is 4.83. The predicted molar refractivity (Wildman–Crippen MR) is 53.1 cm³/mol. The van der Waals surface area contributed by atoms with Gasteiger partial charge in [-0.2, -0.15) is 0 Å². The molecule has 2 unspecified atom stereocenters. The van der Waals surface area contributed by atoms with Gasteiger partial charge in [0.1, 0.15) is 0 Å². The third-order valence-corrected chi connectivity index (χ3v) is 3.15. The van der Waals surface area contributed by atoms with Crippen molar-refractivity contribution >= 4 is 0 Å². The lowest BCUT2D eigenvalue weighted by Crippen LogP contribution is -2.33. The fourth-order valence-corrected chi connectivity index (χ4v) is 2.07. The maximum Gasteiger partial charge on any atom is 0.0108 e. The monoisotopic (exact) mass is 170 g/mol. The normalized spacial score (nSPS) is 31.2. The lowest BCUT2D eigenvalue weighted by Gasteiger charge is -2.23. The zero-order chi connectivity index (χ0) is 8.97. The summed E-state index contributed by atoms with van der Waals surface area (Å²) < 4.78 is 0. The van der Waals surface area contributed by atoms with Crippen LogP contribution >= 0.6 is 0 Å². The Kier molecular flexibility index (Phi) is 4.02. The second-order valence-corrected chi connectivity index (χ2v) is 3.91. The highest BCUT2D eigenvalue weighted by Crippen LogP contribution is 2.22. The lowest BCUT2D eigenvalue weighted by molar-refractivity contribution is 0.240. The maximum absolute atomic E-state index is 5.69. The molecule has 0 bridgehead atoms. The van der Waals surface area contributed by atoms with Gasteiger partial charge >= 0.3 is 0 Å². The summed E-state index contributed by atoms with van der Waals surface area (Å²) in [6.45, 7) is 7.97. The van der Waals surface area contributed by atoms with Crippen LogP contribution < -0.4 is 5.73 Å². The third kappa shape index (κ3) is 2.20. The molecule has 1 aliphatic heterocycles. The number of likely N-dealkylation sites (tertiary alicyclic amines) is 1. The van der Waals surface area contributed by atoms with Crippen LogP contribution in [0.5, 0.6) is 0 Å². The minimum absolute atomic E-state index is 0.724. The van der Waals surface area contributed by atoms with Crippen molar-refractivity contribution in [3.63, 3.8) is 0 Å². The quantitative estimate of drug-likeness (QED) is 0.692. The molecule has 0 aromatic carbocycles. The van der Waals surface area contributed by atoms with Crippen molar-refractivity contribution in [3.8, 4) is 0 Å². The summed E-state index contributed by atoms with van der Waals surface area (Å²) in [6, 6.07) is 0.724. The second-order valence-electron chi connectivity index (χ2n) is 3.91. The fourth-order valence-electron chi connectivity index (χ4n) is 2.07. The van der Waals surface area contributed by atoms with E-state index in [0.29, 0.717) is 0 Å². The summed E-state index contributed by atoms with van der Waals surface area (Å²) in [7, 11) is 0. The maximum atomic E-state index is 5.69. The molecule has 0 spiro atoms. The molecular weight excluding hydrogens is 148 g/mol. The van der Waals surface area contributed by atoms with Gasteiger partial charge < -0.3 is 10.6 Å². The molecule has 2 atom stereocenters. The molecule has 12 heavy (non-hydrogen) atoms. The van der Waals surface area contributed by atoms with Gasteiger partial charge in [-0.25, -0.2) is 0 Å². The van der Waals surface area contributed by atoms with Gasteiger partial charge in [0.15, 0.2) is 0 Å².